The summed E-state index contributed by atoms with van der Waals surface area (Å²) in [7, 11) is 0. The summed E-state index contributed by atoms with van der Waals surface area (Å²) >= 11 is 0. The van der Waals surface area contributed by atoms with Crippen LogP contribution in [0.2, 0.25) is 0 Å². The minimum absolute atomic E-state index is 0.119. The molecule has 1 amide bonds. The van der Waals surface area contributed by atoms with E-state index in [1.807, 2.05) is 18.2 Å². The average Bonchev–Trinajstić information content (AvgIpc) is 2.53. The lowest BCUT2D eigenvalue weighted by Gasteiger charge is -2.36. The molecule has 1 aromatic carbocycles. The third-order valence-corrected chi connectivity index (χ3v) is 4.55. The lowest BCUT2D eigenvalue weighted by atomic mass is 9.77. The van der Waals surface area contributed by atoms with Gasteiger partial charge in [0.05, 0.1) is 11.5 Å². The number of rotatable bonds is 5. The van der Waals surface area contributed by atoms with Gasteiger partial charge in [-0.3, -0.25) is 4.79 Å². The van der Waals surface area contributed by atoms with E-state index in [0.29, 0.717) is 0 Å². The van der Waals surface area contributed by atoms with Crippen LogP contribution in [0.5, 0.6) is 0 Å². The van der Waals surface area contributed by atoms with E-state index in [4.69, 9.17) is 0 Å². The van der Waals surface area contributed by atoms with Crippen molar-refractivity contribution < 1.29 is 4.79 Å². The number of hydrogen-bond donors (Lipinski definition) is 2. The monoisotopic (exact) mass is 274 g/mol. The Kier molecular flexibility index (Phi) is 5.18. The molecule has 3 heteroatoms. The van der Waals surface area contributed by atoms with Crippen molar-refractivity contribution in [1.82, 2.24) is 10.6 Å². The van der Waals surface area contributed by atoms with E-state index < -0.39 is 0 Å². The highest BCUT2D eigenvalue weighted by molar-refractivity contribution is 5.83. The molecule has 110 valence electrons. The standard InChI is InChI=1S/C17H26N2O/c1-3-15(14-9-6-5-7-10-14)19-16(20)17(4-2)11-8-12-18-13-17/h5-7,9-10,15,18H,3-4,8,11-13H2,1-2H3,(H,19,20). The molecular weight excluding hydrogens is 248 g/mol. The molecule has 1 aliphatic rings. The van der Waals surface area contributed by atoms with E-state index in [0.717, 1.165) is 38.8 Å². The van der Waals surface area contributed by atoms with Crippen molar-refractivity contribution in [2.45, 2.75) is 45.6 Å². The molecule has 1 heterocycles. The SMILES string of the molecule is CCC(NC(=O)C1(CC)CCCNC1)c1ccccc1. The normalized spacial score (nSPS) is 24.1. The fourth-order valence-corrected chi connectivity index (χ4v) is 3.04. The highest BCUT2D eigenvalue weighted by Crippen LogP contribution is 2.31. The highest BCUT2D eigenvalue weighted by Gasteiger charge is 2.38. The second-order valence-electron chi connectivity index (χ2n) is 5.76. The van der Waals surface area contributed by atoms with Crippen molar-refractivity contribution >= 4 is 5.91 Å². The van der Waals surface area contributed by atoms with Gasteiger partial charge in [-0.1, -0.05) is 44.2 Å². The molecule has 20 heavy (non-hydrogen) atoms. The first-order chi connectivity index (χ1) is 9.72. The number of benzene rings is 1. The maximum atomic E-state index is 12.7. The van der Waals surface area contributed by atoms with Gasteiger partial charge in [-0.05, 0) is 37.8 Å². The van der Waals surface area contributed by atoms with Gasteiger partial charge in [-0.2, -0.15) is 0 Å². The summed E-state index contributed by atoms with van der Waals surface area (Å²) in [5.74, 6) is 0.211. The largest absolute Gasteiger partial charge is 0.349 e. The Labute approximate surface area is 122 Å². The molecule has 2 rings (SSSR count). The van der Waals surface area contributed by atoms with Gasteiger partial charge in [-0.15, -0.1) is 0 Å². The van der Waals surface area contributed by atoms with Crippen molar-refractivity contribution in [2.24, 2.45) is 5.41 Å². The molecule has 0 aromatic heterocycles. The zero-order chi connectivity index (χ0) is 14.4. The second kappa shape index (κ2) is 6.89. The predicted molar refractivity (Wildman–Crippen MR) is 82.4 cm³/mol. The first-order valence-corrected chi connectivity index (χ1v) is 7.78. The van der Waals surface area contributed by atoms with Crippen LogP contribution in [0.1, 0.15) is 51.1 Å². The van der Waals surface area contributed by atoms with Crippen molar-refractivity contribution in [3.63, 3.8) is 0 Å². The van der Waals surface area contributed by atoms with Crippen LogP contribution >= 0.6 is 0 Å². The summed E-state index contributed by atoms with van der Waals surface area (Å²) in [5.41, 5.74) is 0.971. The third-order valence-electron chi connectivity index (χ3n) is 4.55. The van der Waals surface area contributed by atoms with Gasteiger partial charge in [0.1, 0.15) is 0 Å². The summed E-state index contributed by atoms with van der Waals surface area (Å²) in [6.07, 6.45) is 3.90. The fraction of sp³-hybridized carbons (Fsp3) is 0.588. The van der Waals surface area contributed by atoms with Gasteiger partial charge in [0.25, 0.3) is 0 Å². The van der Waals surface area contributed by atoms with E-state index in [1.165, 1.54) is 5.56 Å². The molecule has 2 atom stereocenters. The number of carbonyl (C=O) groups excluding carboxylic acids is 1. The predicted octanol–water partition coefficient (Wildman–Crippen LogP) is 3.03. The lowest BCUT2D eigenvalue weighted by molar-refractivity contribution is -0.133. The van der Waals surface area contributed by atoms with Gasteiger partial charge >= 0.3 is 0 Å². The van der Waals surface area contributed by atoms with Crippen molar-refractivity contribution in [2.75, 3.05) is 13.1 Å². The first-order valence-electron chi connectivity index (χ1n) is 7.78. The quantitative estimate of drug-likeness (QED) is 0.866. The Hall–Kier alpha value is -1.35. The molecule has 1 fully saturated rings. The van der Waals surface area contributed by atoms with E-state index in [-0.39, 0.29) is 17.4 Å². The summed E-state index contributed by atoms with van der Waals surface area (Å²) in [5, 5.41) is 6.64. The highest BCUT2D eigenvalue weighted by atomic mass is 16.2. The summed E-state index contributed by atoms with van der Waals surface area (Å²) in [4.78, 5) is 12.7. The molecule has 1 aliphatic heterocycles. The molecule has 0 spiro atoms. The molecule has 0 aliphatic carbocycles. The van der Waals surface area contributed by atoms with Crippen LogP contribution in [0.15, 0.2) is 30.3 Å². The minimum Gasteiger partial charge on any atom is -0.349 e. The van der Waals surface area contributed by atoms with Crippen LogP contribution in [-0.4, -0.2) is 19.0 Å². The zero-order valence-corrected chi connectivity index (χ0v) is 12.6. The van der Waals surface area contributed by atoms with E-state index in [2.05, 4.69) is 36.6 Å². The van der Waals surface area contributed by atoms with Gasteiger partial charge in [0, 0.05) is 6.54 Å². The first kappa shape index (κ1) is 15.0. The molecule has 1 saturated heterocycles. The van der Waals surface area contributed by atoms with E-state index in [1.54, 1.807) is 0 Å². The number of carbonyl (C=O) groups is 1. The summed E-state index contributed by atoms with van der Waals surface area (Å²) in [6.45, 7) is 6.08. The second-order valence-corrected chi connectivity index (χ2v) is 5.76. The van der Waals surface area contributed by atoms with Crippen LogP contribution in [0, 0.1) is 5.41 Å². The smallest absolute Gasteiger partial charge is 0.227 e. The Morgan fingerprint density at radius 2 is 2.10 bits per heavy atom. The van der Waals surface area contributed by atoms with Gasteiger partial charge in [-0.25, -0.2) is 0 Å². The molecule has 0 bridgehead atoms. The van der Waals surface area contributed by atoms with Gasteiger partial charge in [0.15, 0.2) is 0 Å². The van der Waals surface area contributed by atoms with Crippen molar-refractivity contribution in [3.05, 3.63) is 35.9 Å². The number of hydrogen-bond acceptors (Lipinski definition) is 2. The molecule has 0 saturated carbocycles. The third kappa shape index (κ3) is 3.21. The van der Waals surface area contributed by atoms with Crippen LogP contribution in [0.25, 0.3) is 0 Å². The molecule has 0 radical (unpaired) electrons. The van der Waals surface area contributed by atoms with Crippen LogP contribution < -0.4 is 10.6 Å². The molecule has 1 aromatic rings. The minimum atomic E-state index is -0.222. The van der Waals surface area contributed by atoms with Gasteiger partial charge in [0.2, 0.25) is 5.91 Å². The molecule has 2 N–H and O–H groups in total. The maximum Gasteiger partial charge on any atom is 0.227 e. The Balaban J connectivity index is 2.08. The lowest BCUT2D eigenvalue weighted by Crippen LogP contribution is -2.50. The Bertz CT molecular complexity index is 424. The molecule has 2 unspecified atom stereocenters. The Morgan fingerprint density at radius 3 is 2.65 bits per heavy atom. The zero-order valence-electron chi connectivity index (χ0n) is 12.6. The van der Waals surface area contributed by atoms with Crippen molar-refractivity contribution in [1.29, 1.82) is 0 Å². The topological polar surface area (TPSA) is 41.1 Å². The van der Waals surface area contributed by atoms with E-state index >= 15 is 0 Å². The van der Waals surface area contributed by atoms with Crippen LogP contribution in [-0.2, 0) is 4.79 Å². The van der Waals surface area contributed by atoms with Gasteiger partial charge < -0.3 is 10.6 Å². The number of nitrogens with one attached hydrogen (secondary N) is 2. The number of amides is 1. The average molecular weight is 274 g/mol. The maximum absolute atomic E-state index is 12.7. The summed E-state index contributed by atoms with van der Waals surface area (Å²) in [6, 6.07) is 10.4. The van der Waals surface area contributed by atoms with Crippen molar-refractivity contribution in [3.8, 4) is 0 Å². The fourth-order valence-electron chi connectivity index (χ4n) is 3.04. The number of piperidine rings is 1. The Morgan fingerprint density at radius 1 is 1.35 bits per heavy atom. The molecule has 3 nitrogen and oxygen atoms in total. The van der Waals surface area contributed by atoms with E-state index in [9.17, 15) is 4.79 Å². The van der Waals surface area contributed by atoms with Crippen LogP contribution in [0.3, 0.4) is 0 Å². The van der Waals surface area contributed by atoms with Crippen LogP contribution in [0.4, 0.5) is 0 Å². The summed E-state index contributed by atoms with van der Waals surface area (Å²) < 4.78 is 0. The molecular formula is C17H26N2O.